The number of methoxy groups -OCH3 is 1. The summed E-state index contributed by atoms with van der Waals surface area (Å²) in [6.45, 7) is 4.28. The fourth-order valence-corrected chi connectivity index (χ4v) is 3.27. The molecule has 2 aromatic carbocycles. The third kappa shape index (κ3) is 4.44. The van der Waals surface area contributed by atoms with Crippen LogP contribution in [0.2, 0.25) is 0 Å². The van der Waals surface area contributed by atoms with E-state index in [1.54, 1.807) is 0 Å². The summed E-state index contributed by atoms with van der Waals surface area (Å²) in [7, 11) is 1.40. The number of esters is 1. The summed E-state index contributed by atoms with van der Waals surface area (Å²) < 4.78 is 5.70. The molecule has 0 aliphatic heterocycles. The second-order valence-electron chi connectivity index (χ2n) is 5.65. The highest BCUT2D eigenvalue weighted by atomic mass is 79.9. The molecule has 0 bridgehead atoms. The van der Waals surface area contributed by atoms with Crippen molar-refractivity contribution in [1.82, 2.24) is 0 Å². The van der Waals surface area contributed by atoms with Crippen LogP contribution in [-0.4, -0.2) is 13.1 Å². The summed E-state index contributed by atoms with van der Waals surface area (Å²) in [5.74, 6) is -0.303. The van der Waals surface area contributed by atoms with Gasteiger partial charge in [0.15, 0.2) is 0 Å². The monoisotopic (exact) mass is 360 g/mol. The van der Waals surface area contributed by atoms with Crippen molar-refractivity contribution in [3.05, 3.63) is 68.7 Å². The van der Waals surface area contributed by atoms with Gasteiger partial charge in [0, 0.05) is 4.47 Å². The molecule has 0 heterocycles. The van der Waals surface area contributed by atoms with E-state index in [4.69, 9.17) is 4.74 Å². The van der Waals surface area contributed by atoms with Crippen molar-refractivity contribution in [2.75, 3.05) is 7.11 Å². The maximum absolute atomic E-state index is 11.5. The van der Waals surface area contributed by atoms with E-state index >= 15 is 0 Å². The molecule has 2 nitrogen and oxygen atoms in total. The van der Waals surface area contributed by atoms with Gasteiger partial charge in [-0.1, -0.05) is 51.3 Å². The fraction of sp³-hybridized carbons (Fsp3) is 0.316. The number of carbonyl (C=O) groups excluding carboxylic acids is 1. The van der Waals surface area contributed by atoms with Crippen molar-refractivity contribution in [2.45, 2.75) is 33.1 Å². The van der Waals surface area contributed by atoms with E-state index in [1.165, 1.54) is 29.4 Å². The summed E-state index contributed by atoms with van der Waals surface area (Å²) in [6.07, 6.45) is 3.13. The molecule has 2 aromatic rings. The summed E-state index contributed by atoms with van der Waals surface area (Å²) >= 11 is 3.55. The molecule has 0 spiro atoms. The van der Waals surface area contributed by atoms with Crippen LogP contribution in [0.5, 0.6) is 0 Å². The molecular formula is C19H21BrO2. The van der Waals surface area contributed by atoms with Crippen LogP contribution in [0.15, 0.2) is 40.9 Å². The Morgan fingerprint density at radius 2 is 1.73 bits per heavy atom. The van der Waals surface area contributed by atoms with Gasteiger partial charge in [-0.25, -0.2) is 4.79 Å². The van der Waals surface area contributed by atoms with Crippen LogP contribution >= 0.6 is 15.9 Å². The lowest BCUT2D eigenvalue weighted by Gasteiger charge is -2.08. The zero-order valence-electron chi connectivity index (χ0n) is 13.3. The van der Waals surface area contributed by atoms with Crippen LogP contribution in [0.25, 0.3) is 0 Å². The molecule has 0 aliphatic rings. The minimum atomic E-state index is -0.303. The highest BCUT2D eigenvalue weighted by Gasteiger charge is 2.08. The molecule has 0 radical (unpaired) electrons. The van der Waals surface area contributed by atoms with Gasteiger partial charge < -0.3 is 4.74 Å². The molecule has 0 unspecified atom stereocenters. The minimum absolute atomic E-state index is 0.303. The third-order valence-electron chi connectivity index (χ3n) is 3.67. The van der Waals surface area contributed by atoms with E-state index in [9.17, 15) is 4.79 Å². The minimum Gasteiger partial charge on any atom is -0.465 e. The average molecular weight is 361 g/mol. The molecule has 2 rings (SSSR count). The quantitative estimate of drug-likeness (QED) is 0.699. The summed E-state index contributed by atoms with van der Waals surface area (Å²) in [5.41, 5.74) is 5.82. The van der Waals surface area contributed by atoms with Gasteiger partial charge in [-0.3, -0.25) is 0 Å². The Labute approximate surface area is 140 Å². The number of rotatable bonds is 5. The van der Waals surface area contributed by atoms with Gasteiger partial charge in [0.2, 0.25) is 0 Å². The number of halogens is 1. The van der Waals surface area contributed by atoms with Gasteiger partial charge >= 0.3 is 5.97 Å². The maximum atomic E-state index is 11.5. The van der Waals surface area contributed by atoms with E-state index in [-0.39, 0.29) is 5.97 Å². The second-order valence-corrected chi connectivity index (χ2v) is 6.50. The molecule has 0 N–H and O–H groups in total. The Hall–Kier alpha value is -1.61. The Kier molecular flexibility index (Phi) is 5.78. The predicted molar refractivity (Wildman–Crippen MR) is 93.4 cm³/mol. The predicted octanol–water partition coefficient (Wildman–Crippen LogP) is 5.03. The van der Waals surface area contributed by atoms with Crippen LogP contribution in [0, 0.1) is 13.8 Å². The van der Waals surface area contributed by atoms with Crippen molar-refractivity contribution in [1.29, 1.82) is 0 Å². The van der Waals surface area contributed by atoms with E-state index in [2.05, 4.69) is 48.0 Å². The topological polar surface area (TPSA) is 26.3 Å². The first-order valence-electron chi connectivity index (χ1n) is 7.43. The van der Waals surface area contributed by atoms with Gasteiger partial charge in [-0.05, 0) is 56.4 Å². The Balaban J connectivity index is 1.98. The molecule has 0 aliphatic carbocycles. The lowest BCUT2D eigenvalue weighted by Crippen LogP contribution is -2.02. The van der Waals surface area contributed by atoms with Crippen molar-refractivity contribution < 1.29 is 9.53 Å². The van der Waals surface area contributed by atoms with Gasteiger partial charge in [0.05, 0.1) is 12.7 Å². The van der Waals surface area contributed by atoms with Crippen molar-refractivity contribution in [3.8, 4) is 0 Å². The molecule has 0 aromatic heterocycles. The molecule has 0 atom stereocenters. The third-order valence-corrected chi connectivity index (χ3v) is 4.41. The van der Waals surface area contributed by atoms with Gasteiger partial charge in [-0.15, -0.1) is 0 Å². The van der Waals surface area contributed by atoms with Crippen molar-refractivity contribution >= 4 is 21.9 Å². The second kappa shape index (κ2) is 7.59. The first kappa shape index (κ1) is 16.8. The Morgan fingerprint density at radius 3 is 2.32 bits per heavy atom. The fourth-order valence-electron chi connectivity index (χ4n) is 2.69. The lowest BCUT2D eigenvalue weighted by molar-refractivity contribution is 0.0600. The smallest absolute Gasteiger partial charge is 0.337 e. The number of hydrogen-bond acceptors (Lipinski definition) is 2. The molecule has 0 saturated heterocycles. The first-order chi connectivity index (χ1) is 10.5. The average Bonchev–Trinajstić information content (AvgIpc) is 2.47. The summed E-state index contributed by atoms with van der Waals surface area (Å²) in [4.78, 5) is 11.5. The van der Waals surface area contributed by atoms with Crippen molar-refractivity contribution in [3.63, 3.8) is 0 Å². The van der Waals surface area contributed by atoms with E-state index in [0.717, 1.165) is 23.7 Å². The first-order valence-corrected chi connectivity index (χ1v) is 8.23. The van der Waals surface area contributed by atoms with E-state index in [1.807, 2.05) is 18.2 Å². The van der Waals surface area contributed by atoms with E-state index < -0.39 is 0 Å². The highest BCUT2D eigenvalue weighted by Crippen LogP contribution is 2.21. The number of aryl methyl sites for hydroxylation is 4. The molecule has 3 heteroatoms. The molecule has 0 amide bonds. The molecule has 0 fully saturated rings. The standard InChI is InChI=1S/C19H21BrO2/c1-13-9-14(2)11-15(10-13)5-4-6-16-7-8-17(12-18(16)20)19(21)22-3/h7-12H,4-6H2,1-3H3. The molecule has 116 valence electrons. The van der Waals surface area contributed by atoms with Crippen LogP contribution in [0.1, 0.15) is 39.0 Å². The largest absolute Gasteiger partial charge is 0.465 e. The van der Waals surface area contributed by atoms with Crippen molar-refractivity contribution in [2.24, 2.45) is 0 Å². The normalized spacial score (nSPS) is 10.5. The molecule has 0 saturated carbocycles. The molecular weight excluding hydrogens is 340 g/mol. The lowest BCUT2D eigenvalue weighted by atomic mass is 10.0. The van der Waals surface area contributed by atoms with Crippen LogP contribution < -0.4 is 0 Å². The number of carbonyl (C=O) groups is 1. The maximum Gasteiger partial charge on any atom is 0.337 e. The SMILES string of the molecule is COC(=O)c1ccc(CCCc2cc(C)cc(C)c2)c(Br)c1. The zero-order chi connectivity index (χ0) is 16.1. The van der Waals surface area contributed by atoms with Gasteiger partial charge in [0.1, 0.15) is 0 Å². The van der Waals surface area contributed by atoms with Crippen LogP contribution in [0.3, 0.4) is 0 Å². The number of ether oxygens (including phenoxy) is 1. The van der Waals surface area contributed by atoms with E-state index in [0.29, 0.717) is 5.56 Å². The highest BCUT2D eigenvalue weighted by molar-refractivity contribution is 9.10. The van der Waals surface area contributed by atoms with Gasteiger partial charge in [-0.2, -0.15) is 0 Å². The summed E-state index contributed by atoms with van der Waals surface area (Å²) in [6, 6.07) is 12.4. The van der Waals surface area contributed by atoms with Crippen LogP contribution in [-0.2, 0) is 17.6 Å². The Morgan fingerprint density at radius 1 is 1.05 bits per heavy atom. The number of benzene rings is 2. The summed E-state index contributed by atoms with van der Waals surface area (Å²) in [5, 5.41) is 0. The molecule has 22 heavy (non-hydrogen) atoms. The van der Waals surface area contributed by atoms with Crippen LogP contribution in [0.4, 0.5) is 0 Å². The zero-order valence-corrected chi connectivity index (χ0v) is 14.9. The Bertz CT molecular complexity index is 657. The van der Waals surface area contributed by atoms with Gasteiger partial charge in [0.25, 0.3) is 0 Å². The number of hydrogen-bond donors (Lipinski definition) is 0.